The summed E-state index contributed by atoms with van der Waals surface area (Å²) in [6.45, 7) is 8.92. The minimum atomic E-state index is -1.08. The van der Waals surface area contributed by atoms with Gasteiger partial charge in [-0.15, -0.1) is 0 Å². The van der Waals surface area contributed by atoms with Crippen LogP contribution in [0.2, 0.25) is 0 Å². The topological polar surface area (TPSA) is 96.5 Å². The van der Waals surface area contributed by atoms with Crippen molar-refractivity contribution in [3.05, 3.63) is 0 Å². The molecule has 0 radical (unpaired) electrons. The number of alkyl carbamates (subject to hydrolysis) is 1. The minimum Gasteiger partial charge on any atom is -0.444 e. The molecular weight excluding hydrogens is 306 g/mol. The third kappa shape index (κ3) is 4.94. The Hall–Kier alpha value is -1.70. The number of Topliss-reactive ketones (excluding diaryl/α,β-unsaturated/α-hetero) is 1. The van der Waals surface area contributed by atoms with Gasteiger partial charge in [0.25, 0.3) is 5.91 Å². The fourth-order valence-corrected chi connectivity index (χ4v) is 2.18. The van der Waals surface area contributed by atoms with E-state index in [1.807, 2.05) is 13.8 Å². The number of hydrogen-bond donors (Lipinski definition) is 3. The lowest BCUT2D eigenvalue weighted by molar-refractivity contribution is -0.130. The maximum atomic E-state index is 12.5. The Morgan fingerprint density at radius 2 is 2.00 bits per heavy atom. The maximum Gasteiger partial charge on any atom is 0.408 e. The first kappa shape index (κ1) is 18.3. The summed E-state index contributed by atoms with van der Waals surface area (Å²) in [4.78, 5) is 36.2. The molecule has 8 heteroatoms. The molecule has 0 aromatic rings. The first-order valence-corrected chi connectivity index (χ1v) is 7.60. The number of ether oxygens (including phenoxy) is 1. The van der Waals surface area contributed by atoms with Crippen LogP contribution in [0.25, 0.3) is 0 Å². The molecule has 1 heterocycles. The van der Waals surface area contributed by atoms with E-state index in [1.165, 1.54) is 0 Å². The normalized spacial score (nSPS) is 20.7. The van der Waals surface area contributed by atoms with Crippen molar-refractivity contribution >= 4 is 35.1 Å². The van der Waals surface area contributed by atoms with E-state index < -0.39 is 35.5 Å². The van der Waals surface area contributed by atoms with Gasteiger partial charge in [0, 0.05) is 0 Å². The van der Waals surface area contributed by atoms with Crippen LogP contribution in [0.4, 0.5) is 4.79 Å². The van der Waals surface area contributed by atoms with Crippen LogP contribution in [0.15, 0.2) is 0 Å². The quantitative estimate of drug-likeness (QED) is 0.511. The number of hydrogen-bond acceptors (Lipinski definition) is 5. The van der Waals surface area contributed by atoms with Crippen molar-refractivity contribution in [1.29, 1.82) is 0 Å². The summed E-state index contributed by atoms with van der Waals surface area (Å²) in [6.07, 6.45) is -0.0301. The molecule has 0 spiro atoms. The Morgan fingerprint density at radius 1 is 1.41 bits per heavy atom. The second-order valence-electron chi connectivity index (χ2n) is 6.31. The van der Waals surface area contributed by atoms with Gasteiger partial charge in [-0.1, -0.05) is 20.3 Å². The molecule has 0 aromatic heterocycles. The zero-order valence-corrected chi connectivity index (χ0v) is 14.3. The zero-order chi connectivity index (χ0) is 17.1. The Labute approximate surface area is 135 Å². The number of thiocarbonyl (C=S) groups is 1. The monoisotopic (exact) mass is 329 g/mol. The zero-order valence-electron chi connectivity index (χ0n) is 13.5. The van der Waals surface area contributed by atoms with E-state index in [0.717, 1.165) is 0 Å². The van der Waals surface area contributed by atoms with Crippen LogP contribution in [0.5, 0.6) is 0 Å². The summed E-state index contributed by atoms with van der Waals surface area (Å²) in [5, 5.41) is 7.66. The molecule has 3 N–H and O–H groups in total. The highest BCUT2D eigenvalue weighted by Crippen LogP contribution is 2.14. The molecule has 2 amide bonds. The standard InChI is InChI=1S/C14H23N3O4S/c1-6-7(2)8(16-13(20)21-14(3,4)5)10(18)9-11(19)17-12(22)15-9/h7-9H,6H2,1-5H3,(H,16,20)(H2,15,17,19,22)/t7-,8-,9?/m0/s1. The van der Waals surface area contributed by atoms with Gasteiger partial charge in [0.05, 0.1) is 6.04 Å². The van der Waals surface area contributed by atoms with Crippen LogP contribution in [0.1, 0.15) is 41.0 Å². The van der Waals surface area contributed by atoms with Gasteiger partial charge in [-0.05, 0) is 38.9 Å². The molecule has 124 valence electrons. The van der Waals surface area contributed by atoms with Gasteiger partial charge in [-0.3, -0.25) is 9.59 Å². The minimum absolute atomic E-state index is 0.114. The highest BCUT2D eigenvalue weighted by molar-refractivity contribution is 7.80. The molecule has 0 aliphatic carbocycles. The third-order valence-electron chi connectivity index (χ3n) is 3.25. The highest BCUT2D eigenvalue weighted by Gasteiger charge is 2.40. The van der Waals surface area contributed by atoms with Crippen LogP contribution in [-0.4, -0.2) is 40.6 Å². The Kier molecular flexibility index (Phi) is 5.87. The van der Waals surface area contributed by atoms with E-state index in [1.54, 1.807) is 20.8 Å². The first-order chi connectivity index (χ1) is 10.0. The van der Waals surface area contributed by atoms with Crippen LogP contribution in [0.3, 0.4) is 0 Å². The van der Waals surface area contributed by atoms with Crippen molar-refractivity contribution in [3.63, 3.8) is 0 Å². The number of nitrogens with one attached hydrogen (secondary N) is 3. The highest BCUT2D eigenvalue weighted by atomic mass is 32.1. The second kappa shape index (κ2) is 7.04. The van der Waals surface area contributed by atoms with E-state index in [0.29, 0.717) is 6.42 Å². The van der Waals surface area contributed by atoms with Crippen LogP contribution < -0.4 is 16.0 Å². The van der Waals surface area contributed by atoms with Gasteiger partial charge >= 0.3 is 6.09 Å². The van der Waals surface area contributed by atoms with E-state index in [4.69, 9.17) is 17.0 Å². The Balaban J connectivity index is 2.84. The number of carbonyl (C=O) groups excluding carboxylic acids is 3. The summed E-state index contributed by atoms with van der Waals surface area (Å²) in [6, 6.07) is -1.91. The van der Waals surface area contributed by atoms with Crippen LogP contribution in [-0.2, 0) is 14.3 Å². The van der Waals surface area contributed by atoms with Crippen molar-refractivity contribution in [1.82, 2.24) is 16.0 Å². The third-order valence-corrected chi connectivity index (χ3v) is 3.47. The van der Waals surface area contributed by atoms with Crippen LogP contribution in [0, 0.1) is 5.92 Å². The molecule has 1 aliphatic heterocycles. The molecule has 1 aliphatic rings. The number of rotatable bonds is 5. The van der Waals surface area contributed by atoms with E-state index >= 15 is 0 Å². The number of ketones is 1. The summed E-state index contributed by atoms with van der Waals surface area (Å²) in [5.41, 5.74) is -0.669. The average Bonchev–Trinajstić information content (AvgIpc) is 2.71. The number of amides is 2. The fourth-order valence-electron chi connectivity index (χ4n) is 1.96. The molecule has 3 atom stereocenters. The lowest BCUT2D eigenvalue weighted by Gasteiger charge is -2.27. The molecular formula is C14H23N3O4S. The Morgan fingerprint density at radius 3 is 2.41 bits per heavy atom. The van der Waals surface area contributed by atoms with E-state index in [9.17, 15) is 14.4 Å². The van der Waals surface area contributed by atoms with Gasteiger partial charge in [0.15, 0.2) is 16.9 Å². The van der Waals surface area contributed by atoms with Crippen molar-refractivity contribution in [2.45, 2.75) is 58.7 Å². The van der Waals surface area contributed by atoms with Gasteiger partial charge < -0.3 is 20.7 Å². The van der Waals surface area contributed by atoms with Crippen molar-refractivity contribution in [3.8, 4) is 0 Å². The molecule has 1 rings (SSSR count). The maximum absolute atomic E-state index is 12.5. The van der Waals surface area contributed by atoms with Gasteiger partial charge in [0.2, 0.25) is 0 Å². The molecule has 0 bridgehead atoms. The summed E-state index contributed by atoms with van der Waals surface area (Å²) in [7, 11) is 0. The number of carbonyl (C=O) groups is 3. The second-order valence-corrected chi connectivity index (χ2v) is 6.72. The van der Waals surface area contributed by atoms with Gasteiger partial charge in [-0.2, -0.15) is 0 Å². The Bertz CT molecular complexity index is 487. The molecule has 22 heavy (non-hydrogen) atoms. The predicted octanol–water partition coefficient (Wildman–Crippen LogP) is 0.868. The van der Waals surface area contributed by atoms with E-state index in [2.05, 4.69) is 16.0 Å². The lowest BCUT2D eigenvalue weighted by Crippen LogP contribution is -2.54. The fraction of sp³-hybridized carbons (Fsp3) is 0.714. The predicted molar refractivity (Wildman–Crippen MR) is 85.3 cm³/mol. The largest absolute Gasteiger partial charge is 0.444 e. The molecule has 1 saturated heterocycles. The SMILES string of the molecule is CC[C@H](C)[C@H](NC(=O)OC(C)(C)C)C(=O)C1NC(=S)NC1=O. The molecule has 1 fully saturated rings. The van der Waals surface area contributed by atoms with Crippen molar-refractivity contribution < 1.29 is 19.1 Å². The summed E-state index contributed by atoms with van der Waals surface area (Å²) in [5.74, 6) is -1.09. The summed E-state index contributed by atoms with van der Waals surface area (Å²) < 4.78 is 5.17. The molecule has 7 nitrogen and oxygen atoms in total. The smallest absolute Gasteiger partial charge is 0.408 e. The average molecular weight is 329 g/mol. The molecule has 0 saturated carbocycles. The van der Waals surface area contributed by atoms with Crippen molar-refractivity contribution in [2.24, 2.45) is 5.92 Å². The molecule has 1 unspecified atom stereocenters. The summed E-state index contributed by atoms with van der Waals surface area (Å²) >= 11 is 4.83. The molecule has 0 aromatic carbocycles. The van der Waals surface area contributed by atoms with E-state index in [-0.39, 0.29) is 11.0 Å². The van der Waals surface area contributed by atoms with Crippen molar-refractivity contribution in [2.75, 3.05) is 0 Å². The first-order valence-electron chi connectivity index (χ1n) is 7.19. The van der Waals surface area contributed by atoms with Gasteiger partial charge in [0.1, 0.15) is 5.60 Å². The lowest BCUT2D eigenvalue weighted by atomic mass is 9.92. The van der Waals surface area contributed by atoms with Crippen LogP contribution >= 0.6 is 12.2 Å². The van der Waals surface area contributed by atoms with Gasteiger partial charge in [-0.25, -0.2) is 4.79 Å².